The monoisotopic (exact) mass is 615 g/mol. The van der Waals surface area contributed by atoms with Crippen LogP contribution in [0.5, 0.6) is 0 Å². The number of nitrogens with zero attached hydrogens (tertiary/aromatic N) is 3. The minimum Gasteiger partial charge on any atom is -0.244 e. The smallest absolute Gasteiger partial charge is 0.179 e. The molecule has 0 atom stereocenters. The summed E-state index contributed by atoms with van der Waals surface area (Å²) in [5.41, 5.74) is 5.56. The number of hydrogen-bond donors (Lipinski definition) is 0. The Labute approximate surface area is 274 Å². The standard InChI is InChI=1S/C43H25N3S/c1-3-11-28-21-30(19-17-26(28)9-1)38-25-39(31-20-18-27-10-2-4-12-29(27)22-31)46-43(45-38)42-36-24-41-35(33-14-6-8-16-40(33)47-41)23-34(36)32-13-5-7-15-37(32)44-42/h1-25H. The predicted molar refractivity (Wildman–Crippen MR) is 199 cm³/mol. The molecule has 3 nitrogen and oxygen atoms in total. The van der Waals surface area contributed by atoms with Crippen LogP contribution in [0.1, 0.15) is 0 Å². The van der Waals surface area contributed by atoms with E-state index in [0.29, 0.717) is 5.82 Å². The van der Waals surface area contributed by atoms with Crippen LogP contribution in [0.15, 0.2) is 152 Å². The molecule has 0 bridgehead atoms. The third-order valence-electron chi connectivity index (χ3n) is 9.23. The number of para-hydroxylation sites is 1. The van der Waals surface area contributed by atoms with Crippen LogP contribution < -0.4 is 0 Å². The summed E-state index contributed by atoms with van der Waals surface area (Å²) in [4.78, 5) is 15.8. The lowest BCUT2D eigenvalue weighted by atomic mass is 9.99. The van der Waals surface area contributed by atoms with E-state index in [1.54, 1.807) is 0 Å². The topological polar surface area (TPSA) is 38.7 Å². The van der Waals surface area contributed by atoms with Crippen LogP contribution >= 0.6 is 11.3 Å². The highest BCUT2D eigenvalue weighted by molar-refractivity contribution is 7.25. The van der Waals surface area contributed by atoms with Gasteiger partial charge in [0.15, 0.2) is 5.82 Å². The second-order valence-electron chi connectivity index (χ2n) is 12.1. The quantitative estimate of drug-likeness (QED) is 0.186. The highest BCUT2D eigenvalue weighted by Crippen LogP contribution is 2.41. The number of fused-ring (bicyclic) bond motifs is 8. The van der Waals surface area contributed by atoms with Gasteiger partial charge in [0.05, 0.1) is 16.9 Å². The minimum absolute atomic E-state index is 0.620. The molecule has 0 aliphatic heterocycles. The van der Waals surface area contributed by atoms with Gasteiger partial charge in [-0.2, -0.15) is 0 Å². The van der Waals surface area contributed by atoms with Crippen molar-refractivity contribution in [3.8, 4) is 34.0 Å². The molecule has 0 fully saturated rings. The molecule has 0 saturated carbocycles. The van der Waals surface area contributed by atoms with E-state index in [4.69, 9.17) is 15.0 Å². The van der Waals surface area contributed by atoms with Crippen molar-refractivity contribution >= 4 is 74.7 Å². The number of thiophene rings is 1. The minimum atomic E-state index is 0.620. The molecule has 0 saturated heterocycles. The zero-order valence-corrected chi connectivity index (χ0v) is 26.0. The van der Waals surface area contributed by atoms with Crippen LogP contribution in [0.25, 0.3) is 97.4 Å². The van der Waals surface area contributed by atoms with Crippen LogP contribution in [0, 0.1) is 0 Å². The predicted octanol–water partition coefficient (Wildman–Crippen LogP) is 11.9. The van der Waals surface area contributed by atoms with E-state index >= 15 is 0 Å². The molecular formula is C43H25N3S. The number of rotatable bonds is 3. The third kappa shape index (κ3) is 4.30. The van der Waals surface area contributed by atoms with Gasteiger partial charge in [-0.3, -0.25) is 0 Å². The van der Waals surface area contributed by atoms with Crippen molar-refractivity contribution in [2.75, 3.05) is 0 Å². The fraction of sp³-hybridized carbons (Fsp3) is 0. The van der Waals surface area contributed by atoms with Crippen molar-refractivity contribution in [1.29, 1.82) is 0 Å². The summed E-state index contributed by atoms with van der Waals surface area (Å²) in [6.07, 6.45) is 0. The molecule has 0 N–H and O–H groups in total. The van der Waals surface area contributed by atoms with Crippen molar-refractivity contribution in [2.24, 2.45) is 0 Å². The first-order chi connectivity index (χ1) is 23.2. The molecular weight excluding hydrogens is 591 g/mol. The Morgan fingerprint density at radius 2 is 0.957 bits per heavy atom. The van der Waals surface area contributed by atoms with Crippen LogP contribution in [-0.2, 0) is 0 Å². The molecule has 7 aromatic carbocycles. The van der Waals surface area contributed by atoms with Crippen molar-refractivity contribution < 1.29 is 0 Å². The molecule has 0 radical (unpaired) electrons. The van der Waals surface area contributed by atoms with Gasteiger partial charge in [-0.25, -0.2) is 15.0 Å². The molecule has 3 aromatic heterocycles. The summed E-state index contributed by atoms with van der Waals surface area (Å²) in [5, 5.41) is 10.7. The normalized spacial score (nSPS) is 11.8. The molecule has 0 spiro atoms. The zero-order valence-electron chi connectivity index (χ0n) is 25.2. The third-order valence-corrected chi connectivity index (χ3v) is 10.4. The largest absolute Gasteiger partial charge is 0.244 e. The fourth-order valence-corrected chi connectivity index (χ4v) is 8.01. The second-order valence-corrected chi connectivity index (χ2v) is 13.1. The molecule has 4 heteroatoms. The average Bonchev–Trinajstić information content (AvgIpc) is 3.50. The molecule has 0 unspecified atom stereocenters. The highest BCUT2D eigenvalue weighted by atomic mass is 32.1. The zero-order chi connectivity index (χ0) is 30.9. The molecule has 0 amide bonds. The van der Waals surface area contributed by atoms with E-state index in [0.717, 1.165) is 49.9 Å². The van der Waals surface area contributed by atoms with Crippen LogP contribution in [0.3, 0.4) is 0 Å². The Morgan fingerprint density at radius 1 is 0.362 bits per heavy atom. The fourth-order valence-electron chi connectivity index (χ4n) is 6.89. The van der Waals surface area contributed by atoms with Gasteiger partial charge in [0.25, 0.3) is 0 Å². The van der Waals surface area contributed by atoms with E-state index in [1.165, 1.54) is 41.7 Å². The Morgan fingerprint density at radius 3 is 1.66 bits per heavy atom. The van der Waals surface area contributed by atoms with Gasteiger partial charge in [0.2, 0.25) is 0 Å². The van der Waals surface area contributed by atoms with E-state index in [-0.39, 0.29) is 0 Å². The van der Waals surface area contributed by atoms with E-state index in [1.807, 2.05) is 11.3 Å². The summed E-state index contributed by atoms with van der Waals surface area (Å²) >= 11 is 1.82. The first kappa shape index (κ1) is 26.3. The molecule has 3 heterocycles. The summed E-state index contributed by atoms with van der Waals surface area (Å²) < 4.78 is 2.52. The van der Waals surface area contributed by atoms with Crippen LogP contribution in [0.4, 0.5) is 0 Å². The maximum atomic E-state index is 5.28. The van der Waals surface area contributed by atoms with Crippen molar-refractivity contribution in [2.45, 2.75) is 0 Å². The lowest BCUT2D eigenvalue weighted by Crippen LogP contribution is -1.99. The first-order valence-corrected chi connectivity index (χ1v) is 16.6. The Kier molecular flexibility index (Phi) is 5.74. The molecule has 0 aliphatic carbocycles. The van der Waals surface area contributed by atoms with Crippen molar-refractivity contribution in [3.05, 3.63) is 152 Å². The molecule has 10 aromatic rings. The van der Waals surface area contributed by atoms with Crippen molar-refractivity contribution in [3.63, 3.8) is 0 Å². The van der Waals surface area contributed by atoms with Gasteiger partial charge in [0, 0.05) is 42.1 Å². The second kappa shape index (κ2) is 10.3. The SMILES string of the molecule is c1ccc2cc(-c3cc(-c4ccc5ccccc5c4)nc(-c4nc5ccccc5c5cc6c(cc45)sc4ccccc46)n3)ccc2c1. The number of benzene rings is 7. The van der Waals surface area contributed by atoms with Gasteiger partial charge in [-0.15, -0.1) is 11.3 Å². The van der Waals surface area contributed by atoms with Gasteiger partial charge in [-0.05, 0) is 69.4 Å². The van der Waals surface area contributed by atoms with Gasteiger partial charge in [-0.1, -0.05) is 109 Å². The summed E-state index contributed by atoms with van der Waals surface area (Å²) in [6.45, 7) is 0. The average molecular weight is 616 g/mol. The number of hydrogen-bond acceptors (Lipinski definition) is 4. The summed E-state index contributed by atoms with van der Waals surface area (Å²) in [7, 11) is 0. The molecule has 10 rings (SSSR count). The van der Waals surface area contributed by atoms with Gasteiger partial charge < -0.3 is 0 Å². The summed E-state index contributed by atoms with van der Waals surface area (Å²) in [5.74, 6) is 0.620. The number of aromatic nitrogens is 3. The Bertz CT molecular complexity index is 2770. The number of pyridine rings is 1. The van der Waals surface area contributed by atoms with E-state index in [2.05, 4.69) is 152 Å². The molecule has 218 valence electrons. The Balaban J connectivity index is 1.28. The maximum Gasteiger partial charge on any atom is 0.179 e. The Hall–Kier alpha value is -5.97. The molecule has 47 heavy (non-hydrogen) atoms. The highest BCUT2D eigenvalue weighted by Gasteiger charge is 2.18. The van der Waals surface area contributed by atoms with Gasteiger partial charge >= 0.3 is 0 Å². The lowest BCUT2D eigenvalue weighted by molar-refractivity contribution is 1.17. The van der Waals surface area contributed by atoms with E-state index in [9.17, 15) is 0 Å². The maximum absolute atomic E-state index is 5.28. The van der Waals surface area contributed by atoms with Crippen molar-refractivity contribution in [1.82, 2.24) is 15.0 Å². The summed E-state index contributed by atoms with van der Waals surface area (Å²) in [6, 6.07) is 53.8. The van der Waals surface area contributed by atoms with E-state index < -0.39 is 0 Å². The van der Waals surface area contributed by atoms with Gasteiger partial charge in [0.1, 0.15) is 5.69 Å². The lowest BCUT2D eigenvalue weighted by Gasteiger charge is -2.13. The van der Waals surface area contributed by atoms with Crippen LogP contribution in [-0.4, -0.2) is 15.0 Å². The van der Waals surface area contributed by atoms with Crippen LogP contribution in [0.2, 0.25) is 0 Å². The molecule has 0 aliphatic rings. The first-order valence-electron chi connectivity index (χ1n) is 15.8.